The molecule has 1 aliphatic heterocycles. The smallest absolute Gasteiger partial charge is 0.311 e. The molecule has 0 spiro atoms. The van der Waals surface area contributed by atoms with E-state index in [2.05, 4.69) is 16.0 Å². The van der Waals surface area contributed by atoms with E-state index in [1.807, 2.05) is 0 Å². The molecule has 0 fully saturated rings. The second-order valence-electron chi connectivity index (χ2n) is 29.6. The zero-order chi connectivity index (χ0) is 93.5. The van der Waals surface area contributed by atoms with Crippen molar-refractivity contribution in [3.05, 3.63) is 41.5 Å². The molecule has 129 heavy (non-hydrogen) atoms. The number of hydrogen-bond donors (Lipinski definition) is 3. The van der Waals surface area contributed by atoms with Gasteiger partial charge in [-0.15, -0.1) is 0 Å². The molecule has 3 N–H and O–H groups in total. The molecule has 0 aliphatic carbocycles. The summed E-state index contributed by atoms with van der Waals surface area (Å²) in [6.07, 6.45) is 3.75. The summed E-state index contributed by atoms with van der Waals surface area (Å²) in [5.74, 6) is -4.41. The van der Waals surface area contributed by atoms with Crippen LogP contribution in [0, 0.1) is 11.3 Å². The van der Waals surface area contributed by atoms with Crippen LogP contribution in [0.25, 0.3) is 0 Å². The number of nitrogens with zero attached hydrogens (tertiary/aromatic N) is 2. The molecular formula is C88H157N5O36. The normalized spacial score (nSPS) is 12.8. The minimum atomic E-state index is -1.08. The van der Waals surface area contributed by atoms with Gasteiger partial charge in [-0.05, 0) is 76.1 Å². The topological polar surface area (TPSA) is 430 Å². The van der Waals surface area contributed by atoms with Crippen LogP contribution in [0.4, 0.5) is 5.69 Å². The van der Waals surface area contributed by atoms with E-state index in [0.29, 0.717) is 342 Å². The quantitative estimate of drug-likeness (QED) is 0.0365. The molecular weight excluding hydrogens is 1700 g/mol. The highest BCUT2D eigenvalue weighted by Gasteiger charge is 2.31. The summed E-state index contributed by atoms with van der Waals surface area (Å²) < 4.78 is 159. The lowest BCUT2D eigenvalue weighted by Gasteiger charge is -2.26. The van der Waals surface area contributed by atoms with Crippen molar-refractivity contribution in [2.75, 3.05) is 390 Å². The number of hydrogen-bond acceptors (Lipinski definition) is 36. The first kappa shape index (κ1) is 119. The molecule has 0 bridgehead atoms. The van der Waals surface area contributed by atoms with Crippen LogP contribution in [-0.2, 0) is 184 Å². The number of nitrogens with one attached hydrogen (secondary N) is 3. The molecule has 1 heterocycles. The summed E-state index contributed by atoms with van der Waals surface area (Å²) in [7, 11) is 3.27. The van der Waals surface area contributed by atoms with Crippen molar-refractivity contribution >= 4 is 47.1 Å². The van der Waals surface area contributed by atoms with Gasteiger partial charge in [0.15, 0.2) is 0 Å². The van der Waals surface area contributed by atoms with Crippen LogP contribution in [-0.4, -0.2) is 448 Å². The summed E-state index contributed by atoms with van der Waals surface area (Å²) in [5.41, 5.74) is 1.27. The fraction of sp³-hybridized carbons (Fsp3) is 0.830. The minimum Gasteiger partial charge on any atom is -0.460 e. The van der Waals surface area contributed by atoms with E-state index in [-0.39, 0.29) is 58.7 Å². The second kappa shape index (κ2) is 87.7. The monoisotopic (exact) mass is 1860 g/mol. The van der Waals surface area contributed by atoms with Crippen LogP contribution in [0.15, 0.2) is 30.4 Å². The minimum absolute atomic E-state index is 0.00560. The number of methoxy groups -OCH3 is 2. The van der Waals surface area contributed by atoms with E-state index in [4.69, 9.17) is 137 Å². The molecule has 0 saturated heterocycles. The van der Waals surface area contributed by atoms with Gasteiger partial charge in [-0.2, -0.15) is 0 Å². The third-order valence-corrected chi connectivity index (χ3v) is 17.7. The third kappa shape index (κ3) is 73.4. The Labute approximate surface area is 763 Å². The Morgan fingerprint density at radius 2 is 0.659 bits per heavy atom. The Balaban J connectivity index is 1.53. The Morgan fingerprint density at radius 1 is 0.357 bits per heavy atom. The number of carbonyl (C=O) groups is 7. The summed E-state index contributed by atoms with van der Waals surface area (Å²) in [5, 5.41) is 8.32. The number of carbonyl (C=O) groups excluding carboxylic acids is 7. The number of ether oxygens (including phenoxy) is 29. The molecule has 2 atom stereocenters. The average Bonchev–Trinajstić information content (AvgIpc) is 1.82. The van der Waals surface area contributed by atoms with Crippen LogP contribution in [0.1, 0.15) is 71.9 Å². The first-order valence-electron chi connectivity index (χ1n) is 45.0. The zero-order valence-corrected chi connectivity index (χ0v) is 78.3. The van der Waals surface area contributed by atoms with Gasteiger partial charge in [-0.3, -0.25) is 38.5 Å². The number of anilines is 1. The SMILES string of the molecule is COCCOCCOCCOCCOCCOCCOCCOCCOCCOCCOCCN(CCC(=O)N[C@H](C(=O)N[C@@H](C)C(=O)Nc1ccc(COC(=O)C(C)(C)C)c(CCCOCCOCCOCCOCCOCCCOCCOCCOCCOCCOCOCCOCCOCCOCCOCCOCCOC)c1)C(C)C)C(=O)CN1C(=O)C=CC1=O. The maximum Gasteiger partial charge on any atom is 0.311 e. The molecule has 1 aromatic carbocycles. The lowest BCUT2D eigenvalue weighted by atomic mass is 9.97. The van der Waals surface area contributed by atoms with E-state index < -0.39 is 65.4 Å². The summed E-state index contributed by atoms with van der Waals surface area (Å²) in [6.45, 7) is 32.5. The van der Waals surface area contributed by atoms with Crippen molar-refractivity contribution < 1.29 is 171 Å². The number of esters is 1. The van der Waals surface area contributed by atoms with Gasteiger partial charge in [0.25, 0.3) is 11.8 Å². The van der Waals surface area contributed by atoms with E-state index in [9.17, 15) is 33.6 Å². The summed E-state index contributed by atoms with van der Waals surface area (Å²) in [6, 6.07) is 3.12. The zero-order valence-electron chi connectivity index (χ0n) is 78.3. The fourth-order valence-corrected chi connectivity index (χ4v) is 10.6. The molecule has 41 nitrogen and oxygen atoms in total. The lowest BCUT2D eigenvalue weighted by molar-refractivity contribution is -0.154. The van der Waals surface area contributed by atoms with Crippen LogP contribution >= 0.6 is 0 Å². The Morgan fingerprint density at radius 3 is 0.977 bits per heavy atom. The first-order chi connectivity index (χ1) is 63.0. The number of amides is 6. The van der Waals surface area contributed by atoms with Gasteiger partial charge in [-0.25, -0.2) is 0 Å². The Bertz CT molecular complexity index is 2860. The molecule has 6 amide bonds. The van der Waals surface area contributed by atoms with Crippen molar-refractivity contribution in [1.29, 1.82) is 0 Å². The molecule has 2 rings (SSSR count). The van der Waals surface area contributed by atoms with Gasteiger partial charge in [0.2, 0.25) is 23.6 Å². The van der Waals surface area contributed by atoms with Crippen LogP contribution < -0.4 is 16.0 Å². The molecule has 0 aromatic heterocycles. The predicted molar refractivity (Wildman–Crippen MR) is 469 cm³/mol. The number of imide groups is 1. The first-order valence-corrected chi connectivity index (χ1v) is 45.0. The Hall–Kier alpha value is -5.67. The Kier molecular flexibility index (Phi) is 81.1. The molecule has 0 saturated carbocycles. The molecule has 41 heteroatoms. The number of benzene rings is 1. The van der Waals surface area contributed by atoms with Crippen LogP contribution in [0.2, 0.25) is 0 Å². The fourth-order valence-electron chi connectivity index (χ4n) is 10.6. The van der Waals surface area contributed by atoms with Crippen molar-refractivity contribution in [3.63, 3.8) is 0 Å². The average molecular weight is 1860 g/mol. The van der Waals surface area contributed by atoms with Crippen molar-refractivity contribution in [1.82, 2.24) is 20.4 Å². The van der Waals surface area contributed by atoms with E-state index in [1.165, 1.54) is 11.8 Å². The largest absolute Gasteiger partial charge is 0.460 e. The van der Waals surface area contributed by atoms with E-state index in [1.54, 1.807) is 67.0 Å². The molecule has 1 aromatic rings. The van der Waals surface area contributed by atoms with Crippen LogP contribution in [0.3, 0.4) is 0 Å². The van der Waals surface area contributed by atoms with Crippen molar-refractivity contribution in [2.24, 2.45) is 11.3 Å². The maximum atomic E-state index is 13.8. The van der Waals surface area contributed by atoms with Gasteiger partial charge in [0.05, 0.1) is 329 Å². The third-order valence-electron chi connectivity index (χ3n) is 17.7. The highest BCUT2D eigenvalue weighted by Crippen LogP contribution is 2.22. The standard InChI is InChI=1S/C88H157N5O36/c1-75(2)84(91-80(94)16-17-92(83(97)72-93-81(95)14-15-82(93)96)18-22-106-30-34-112-42-46-116-51-52-119-55-56-121-59-60-122-58-57-120-54-53-117-49-47-113-37-35-107-25-23-101-7)86(99)89-76(3)85(98)90-79-13-12-78(73-129-87(100)88(4,5)6)77(71-79)11-9-19-103-27-31-109-39-43-115-44-40-110-32-28-104-20-10-21-105-29-33-111-41-45-123-63-65-125-67-69-127-74-128-70-68-126-66-64-124-62-61-118-50-48-114-38-36-108-26-24-102-8/h12-15,71,75-76,84H,9-11,16-70,72-74H2,1-8H3,(H,89,99)(H,90,98)(H,91,94)/t76-,84-/m0/s1. The van der Waals surface area contributed by atoms with Gasteiger partial charge in [-0.1, -0.05) is 19.9 Å². The van der Waals surface area contributed by atoms with Crippen molar-refractivity contribution in [3.8, 4) is 0 Å². The van der Waals surface area contributed by atoms with Crippen molar-refractivity contribution in [2.45, 2.75) is 85.9 Å². The summed E-state index contributed by atoms with van der Waals surface area (Å²) in [4.78, 5) is 94.2. The van der Waals surface area contributed by atoms with Gasteiger partial charge < -0.3 is 158 Å². The summed E-state index contributed by atoms with van der Waals surface area (Å²) >= 11 is 0. The molecule has 750 valence electrons. The second-order valence-corrected chi connectivity index (χ2v) is 29.6. The van der Waals surface area contributed by atoms with E-state index >= 15 is 0 Å². The molecule has 1 aliphatic rings. The van der Waals surface area contributed by atoms with E-state index in [0.717, 1.165) is 34.6 Å². The molecule has 0 unspecified atom stereocenters. The predicted octanol–water partition coefficient (Wildman–Crippen LogP) is 2.51. The number of aryl methyl sites for hydroxylation is 1. The lowest BCUT2D eigenvalue weighted by Crippen LogP contribution is -2.54. The van der Waals surface area contributed by atoms with Gasteiger partial charge in [0, 0.05) is 71.4 Å². The molecule has 0 radical (unpaired) electrons. The maximum absolute atomic E-state index is 13.8. The van der Waals surface area contributed by atoms with Gasteiger partial charge in [0.1, 0.15) is 32.0 Å². The highest BCUT2D eigenvalue weighted by atomic mass is 16.7. The van der Waals surface area contributed by atoms with Gasteiger partial charge >= 0.3 is 5.97 Å². The van der Waals surface area contributed by atoms with Crippen LogP contribution in [0.5, 0.6) is 0 Å². The highest BCUT2D eigenvalue weighted by molar-refractivity contribution is 6.14. The number of rotatable bonds is 98.